The molecular formula is C20H20F4N2O. The summed E-state index contributed by atoms with van der Waals surface area (Å²) in [5.41, 5.74) is 0.348. The second kappa shape index (κ2) is 7.68. The molecule has 144 valence electrons. The minimum Gasteiger partial charge on any atom is -0.349 e. The van der Waals surface area contributed by atoms with Gasteiger partial charge in [-0.05, 0) is 30.7 Å². The number of alkyl halides is 3. The van der Waals surface area contributed by atoms with Gasteiger partial charge in [0.05, 0.1) is 17.5 Å². The topological polar surface area (TPSA) is 41.1 Å². The van der Waals surface area contributed by atoms with Crippen LogP contribution in [0.25, 0.3) is 0 Å². The molecule has 2 aromatic carbocycles. The smallest absolute Gasteiger partial charge is 0.349 e. The maximum Gasteiger partial charge on any atom is 0.416 e. The van der Waals surface area contributed by atoms with Crippen molar-refractivity contribution in [1.82, 2.24) is 10.6 Å². The van der Waals surface area contributed by atoms with Gasteiger partial charge < -0.3 is 10.6 Å². The molecule has 1 aliphatic rings. The largest absolute Gasteiger partial charge is 0.416 e. The first-order valence-corrected chi connectivity index (χ1v) is 8.70. The molecule has 1 amide bonds. The van der Waals surface area contributed by atoms with E-state index in [9.17, 15) is 22.4 Å². The predicted octanol–water partition coefficient (Wildman–Crippen LogP) is 4.02. The molecule has 0 unspecified atom stereocenters. The van der Waals surface area contributed by atoms with Crippen molar-refractivity contribution in [3.8, 4) is 0 Å². The van der Waals surface area contributed by atoms with Crippen LogP contribution in [0.2, 0.25) is 0 Å². The molecule has 0 saturated carbocycles. The monoisotopic (exact) mass is 380 g/mol. The lowest BCUT2D eigenvalue weighted by molar-refractivity contribution is -0.137. The van der Waals surface area contributed by atoms with E-state index in [-0.39, 0.29) is 11.8 Å². The van der Waals surface area contributed by atoms with E-state index in [1.807, 2.05) is 0 Å². The highest BCUT2D eigenvalue weighted by atomic mass is 19.4. The molecule has 0 aliphatic carbocycles. The zero-order valence-electron chi connectivity index (χ0n) is 14.7. The van der Waals surface area contributed by atoms with Crippen LogP contribution in [0.4, 0.5) is 17.6 Å². The highest BCUT2D eigenvalue weighted by molar-refractivity contribution is 5.81. The molecule has 0 bridgehead atoms. The molecule has 1 saturated heterocycles. The number of hydrogen-bond donors (Lipinski definition) is 2. The standard InChI is InChI=1S/C20H20F4N2O/c1-12(15-4-2-3-5-18(15)21)26-19(27)17-11-25-10-16(17)13-6-8-14(9-7-13)20(22,23)24/h2-9,12,16-17,25H,10-11H2,1H3,(H,26,27)/t12-,16-,17+/m0/s1. The third kappa shape index (κ3) is 4.30. The number of nitrogens with one attached hydrogen (secondary N) is 2. The molecule has 0 radical (unpaired) electrons. The third-order valence-electron chi connectivity index (χ3n) is 4.95. The second-order valence-corrected chi connectivity index (χ2v) is 6.74. The van der Waals surface area contributed by atoms with E-state index in [2.05, 4.69) is 10.6 Å². The molecule has 3 nitrogen and oxygen atoms in total. The molecule has 27 heavy (non-hydrogen) atoms. The van der Waals surface area contributed by atoms with E-state index in [1.54, 1.807) is 25.1 Å². The maximum absolute atomic E-state index is 13.9. The average Bonchev–Trinajstić information content (AvgIpc) is 3.11. The van der Waals surface area contributed by atoms with Crippen LogP contribution in [0.1, 0.15) is 35.6 Å². The molecule has 0 spiro atoms. The maximum atomic E-state index is 13.9. The molecule has 7 heteroatoms. The number of hydrogen-bond acceptors (Lipinski definition) is 2. The molecule has 1 fully saturated rings. The number of amides is 1. The number of carbonyl (C=O) groups excluding carboxylic acids is 1. The Morgan fingerprint density at radius 3 is 2.41 bits per heavy atom. The number of halogens is 4. The summed E-state index contributed by atoms with van der Waals surface area (Å²) in [6, 6.07) is 10.6. The van der Waals surface area contributed by atoms with Crippen molar-refractivity contribution >= 4 is 5.91 Å². The number of rotatable bonds is 4. The van der Waals surface area contributed by atoms with Crippen molar-refractivity contribution in [2.45, 2.75) is 25.1 Å². The van der Waals surface area contributed by atoms with Crippen LogP contribution >= 0.6 is 0 Å². The zero-order valence-corrected chi connectivity index (χ0v) is 14.7. The molecule has 3 rings (SSSR count). The second-order valence-electron chi connectivity index (χ2n) is 6.74. The lowest BCUT2D eigenvalue weighted by Gasteiger charge is -2.22. The van der Waals surface area contributed by atoms with Gasteiger partial charge in [0.25, 0.3) is 0 Å². The Balaban J connectivity index is 1.72. The summed E-state index contributed by atoms with van der Waals surface area (Å²) in [4.78, 5) is 12.7. The van der Waals surface area contributed by atoms with Crippen LogP contribution in [-0.4, -0.2) is 19.0 Å². The molecular weight excluding hydrogens is 360 g/mol. The number of carbonyl (C=O) groups is 1. The minimum atomic E-state index is -4.39. The molecule has 1 heterocycles. The van der Waals surface area contributed by atoms with Crippen molar-refractivity contribution in [1.29, 1.82) is 0 Å². The van der Waals surface area contributed by atoms with Crippen molar-refractivity contribution < 1.29 is 22.4 Å². The molecule has 1 aliphatic heterocycles. The Morgan fingerprint density at radius 2 is 1.78 bits per heavy atom. The van der Waals surface area contributed by atoms with Gasteiger partial charge in [-0.1, -0.05) is 30.3 Å². The Hall–Kier alpha value is -2.41. The fourth-order valence-electron chi connectivity index (χ4n) is 3.45. The van der Waals surface area contributed by atoms with E-state index in [4.69, 9.17) is 0 Å². The molecule has 2 N–H and O–H groups in total. The van der Waals surface area contributed by atoms with Crippen LogP contribution < -0.4 is 10.6 Å². The van der Waals surface area contributed by atoms with E-state index in [0.29, 0.717) is 24.2 Å². The van der Waals surface area contributed by atoms with E-state index in [1.165, 1.54) is 18.2 Å². The van der Waals surface area contributed by atoms with Gasteiger partial charge in [0, 0.05) is 24.6 Å². The predicted molar refractivity (Wildman–Crippen MR) is 93.5 cm³/mol. The lowest BCUT2D eigenvalue weighted by atomic mass is 9.87. The SMILES string of the molecule is C[C@H](NC(=O)[C@@H]1CNC[C@H]1c1ccc(C(F)(F)F)cc1)c1ccccc1F. The van der Waals surface area contributed by atoms with Crippen LogP contribution in [0, 0.1) is 11.7 Å². The van der Waals surface area contributed by atoms with Crippen LogP contribution in [0.15, 0.2) is 48.5 Å². The summed E-state index contributed by atoms with van der Waals surface area (Å²) in [6.07, 6.45) is -4.39. The van der Waals surface area contributed by atoms with Gasteiger partial charge in [-0.2, -0.15) is 13.2 Å². The van der Waals surface area contributed by atoms with Crippen LogP contribution in [0.5, 0.6) is 0 Å². The highest BCUT2D eigenvalue weighted by Gasteiger charge is 2.36. The van der Waals surface area contributed by atoms with Crippen molar-refractivity contribution in [3.05, 3.63) is 71.0 Å². The van der Waals surface area contributed by atoms with E-state index >= 15 is 0 Å². The Morgan fingerprint density at radius 1 is 1.11 bits per heavy atom. The van der Waals surface area contributed by atoms with Gasteiger partial charge >= 0.3 is 6.18 Å². The first-order chi connectivity index (χ1) is 12.8. The highest BCUT2D eigenvalue weighted by Crippen LogP contribution is 2.33. The van der Waals surface area contributed by atoms with Gasteiger partial charge in [0.2, 0.25) is 5.91 Å². The van der Waals surface area contributed by atoms with Crippen molar-refractivity contribution in [2.24, 2.45) is 5.92 Å². The Labute approximate surface area is 154 Å². The van der Waals surface area contributed by atoms with E-state index < -0.39 is 29.5 Å². The summed E-state index contributed by atoms with van der Waals surface area (Å²) in [7, 11) is 0. The lowest BCUT2D eigenvalue weighted by Crippen LogP contribution is -2.36. The summed E-state index contributed by atoms with van der Waals surface area (Å²) < 4.78 is 52.1. The van der Waals surface area contributed by atoms with Gasteiger partial charge in [-0.3, -0.25) is 4.79 Å². The van der Waals surface area contributed by atoms with Gasteiger partial charge in [-0.25, -0.2) is 4.39 Å². The van der Waals surface area contributed by atoms with Gasteiger partial charge in [0.15, 0.2) is 0 Å². The Bertz CT molecular complexity index is 804. The third-order valence-corrected chi connectivity index (χ3v) is 4.95. The molecule has 0 aromatic heterocycles. The Kier molecular flexibility index (Phi) is 5.51. The molecule has 3 atom stereocenters. The summed E-state index contributed by atoms with van der Waals surface area (Å²) >= 11 is 0. The normalized spacial score (nSPS) is 21.1. The molecule has 2 aromatic rings. The fourth-order valence-corrected chi connectivity index (χ4v) is 3.45. The van der Waals surface area contributed by atoms with Crippen molar-refractivity contribution in [3.63, 3.8) is 0 Å². The number of benzene rings is 2. The first-order valence-electron chi connectivity index (χ1n) is 8.70. The first kappa shape index (κ1) is 19.4. The zero-order chi connectivity index (χ0) is 19.6. The van der Waals surface area contributed by atoms with Crippen molar-refractivity contribution in [2.75, 3.05) is 13.1 Å². The van der Waals surface area contributed by atoms with Gasteiger partial charge in [-0.15, -0.1) is 0 Å². The fraction of sp³-hybridized carbons (Fsp3) is 0.350. The minimum absolute atomic E-state index is 0.236. The summed E-state index contributed by atoms with van der Waals surface area (Å²) in [5.74, 6) is -1.31. The summed E-state index contributed by atoms with van der Waals surface area (Å²) in [6.45, 7) is 2.62. The van der Waals surface area contributed by atoms with Crippen LogP contribution in [-0.2, 0) is 11.0 Å². The quantitative estimate of drug-likeness (QED) is 0.787. The van der Waals surface area contributed by atoms with E-state index in [0.717, 1.165) is 12.1 Å². The average molecular weight is 380 g/mol. The van der Waals surface area contributed by atoms with Crippen LogP contribution in [0.3, 0.4) is 0 Å². The summed E-state index contributed by atoms with van der Waals surface area (Å²) in [5, 5.41) is 5.93. The van der Waals surface area contributed by atoms with Gasteiger partial charge in [0.1, 0.15) is 5.82 Å².